The molecule has 0 saturated carbocycles. The lowest BCUT2D eigenvalue weighted by Crippen LogP contribution is -2.18. The third kappa shape index (κ3) is 4.16. The monoisotopic (exact) mass is 303 g/mol. The Morgan fingerprint density at radius 1 is 0.905 bits per heavy atom. The third-order valence-electron chi connectivity index (χ3n) is 2.69. The van der Waals surface area contributed by atoms with Gasteiger partial charge in [0.1, 0.15) is 17.4 Å². The molecule has 21 heavy (non-hydrogen) atoms. The first-order chi connectivity index (χ1) is 9.74. The van der Waals surface area contributed by atoms with Gasteiger partial charge in [0.2, 0.25) is 0 Å². The summed E-state index contributed by atoms with van der Waals surface area (Å²) < 4.78 is 66.5. The molecule has 2 nitrogen and oxygen atoms in total. The van der Waals surface area contributed by atoms with Gasteiger partial charge in [0.15, 0.2) is 0 Å². The molecule has 1 atom stereocenters. The van der Waals surface area contributed by atoms with Crippen LogP contribution in [-0.4, -0.2) is 6.36 Å². The number of hydrogen-bond donors (Lipinski definition) is 1. The molecule has 7 heteroatoms. The zero-order valence-electron chi connectivity index (χ0n) is 10.5. The van der Waals surface area contributed by atoms with Gasteiger partial charge in [-0.25, -0.2) is 8.78 Å². The molecule has 0 radical (unpaired) electrons. The van der Waals surface area contributed by atoms with Crippen molar-refractivity contribution in [1.82, 2.24) is 0 Å². The molecule has 0 aliphatic carbocycles. The minimum absolute atomic E-state index is 0.108. The molecule has 0 aliphatic heterocycles. The first kappa shape index (κ1) is 15.2. The van der Waals surface area contributed by atoms with Crippen molar-refractivity contribution in [2.24, 2.45) is 5.73 Å². The van der Waals surface area contributed by atoms with Crippen LogP contribution in [0.5, 0.6) is 5.75 Å². The second-order valence-electron chi connectivity index (χ2n) is 4.30. The fraction of sp³-hybridized carbons (Fsp3) is 0.143. The molecule has 0 aromatic heterocycles. The van der Waals surface area contributed by atoms with Gasteiger partial charge in [-0.05, 0) is 35.4 Å². The molecule has 2 rings (SSSR count). The van der Waals surface area contributed by atoms with E-state index in [1.165, 1.54) is 12.1 Å². The van der Waals surface area contributed by atoms with Crippen LogP contribution in [0.25, 0.3) is 0 Å². The predicted molar refractivity (Wildman–Crippen MR) is 65.5 cm³/mol. The maximum Gasteiger partial charge on any atom is 0.573 e. The van der Waals surface area contributed by atoms with Gasteiger partial charge in [-0.2, -0.15) is 0 Å². The van der Waals surface area contributed by atoms with Crippen molar-refractivity contribution >= 4 is 0 Å². The summed E-state index contributed by atoms with van der Waals surface area (Å²) in [6, 6.07) is 6.67. The van der Waals surface area contributed by atoms with Crippen molar-refractivity contribution in [2.45, 2.75) is 12.4 Å². The summed E-state index contributed by atoms with van der Waals surface area (Å²) in [5.41, 5.74) is 6.16. The summed E-state index contributed by atoms with van der Waals surface area (Å²) in [5.74, 6) is -2.08. The van der Waals surface area contributed by atoms with Crippen LogP contribution in [0.15, 0.2) is 42.5 Å². The molecular formula is C14H10F5NO. The summed E-state index contributed by atoms with van der Waals surface area (Å²) in [4.78, 5) is 0. The first-order valence-electron chi connectivity index (χ1n) is 5.82. The van der Waals surface area contributed by atoms with Crippen LogP contribution < -0.4 is 10.5 Å². The van der Waals surface area contributed by atoms with Crippen LogP contribution >= 0.6 is 0 Å². The number of rotatable bonds is 3. The van der Waals surface area contributed by atoms with E-state index in [1.807, 2.05) is 0 Å². The van der Waals surface area contributed by atoms with Crippen molar-refractivity contribution in [3.05, 3.63) is 65.2 Å². The van der Waals surface area contributed by atoms with Crippen LogP contribution in [-0.2, 0) is 0 Å². The molecular weight excluding hydrogens is 293 g/mol. The van der Waals surface area contributed by atoms with E-state index in [4.69, 9.17) is 5.73 Å². The van der Waals surface area contributed by atoms with Gasteiger partial charge >= 0.3 is 6.36 Å². The van der Waals surface area contributed by atoms with Gasteiger partial charge in [-0.15, -0.1) is 13.2 Å². The standard InChI is InChI=1S/C14H10F5NO/c15-10-4-9(5-11(16)7-10)13(20)8-2-1-3-12(6-8)21-14(17,18)19/h1-7,13H,20H2. The molecule has 0 amide bonds. The van der Waals surface area contributed by atoms with Crippen molar-refractivity contribution in [3.63, 3.8) is 0 Å². The van der Waals surface area contributed by atoms with Gasteiger partial charge in [-0.3, -0.25) is 0 Å². The lowest BCUT2D eigenvalue weighted by molar-refractivity contribution is -0.274. The Morgan fingerprint density at radius 3 is 2.10 bits per heavy atom. The number of alkyl halides is 3. The highest BCUT2D eigenvalue weighted by Gasteiger charge is 2.31. The molecule has 2 aromatic rings. The number of benzene rings is 2. The molecule has 2 N–H and O–H groups in total. The molecule has 112 valence electrons. The number of hydrogen-bond acceptors (Lipinski definition) is 2. The molecule has 0 bridgehead atoms. The van der Waals surface area contributed by atoms with Gasteiger partial charge in [0.05, 0.1) is 6.04 Å². The summed E-state index contributed by atoms with van der Waals surface area (Å²) in [6.45, 7) is 0. The fourth-order valence-electron chi connectivity index (χ4n) is 1.85. The van der Waals surface area contributed by atoms with E-state index in [0.717, 1.165) is 24.3 Å². The number of halogens is 5. The lowest BCUT2D eigenvalue weighted by atomic mass is 9.99. The predicted octanol–water partition coefficient (Wildman–Crippen LogP) is 3.91. The molecule has 0 spiro atoms. The number of nitrogens with two attached hydrogens (primary N) is 1. The van der Waals surface area contributed by atoms with Gasteiger partial charge in [0.25, 0.3) is 0 Å². The number of ether oxygens (including phenoxy) is 1. The SMILES string of the molecule is NC(c1cc(F)cc(F)c1)c1cccc(OC(F)(F)F)c1. The Hall–Kier alpha value is -2.15. The summed E-state index contributed by atoms with van der Waals surface area (Å²) in [6.07, 6.45) is -4.83. The highest BCUT2D eigenvalue weighted by molar-refractivity contribution is 5.36. The van der Waals surface area contributed by atoms with Gasteiger partial charge in [-0.1, -0.05) is 12.1 Å². The Labute approximate surface area is 116 Å². The van der Waals surface area contributed by atoms with Crippen LogP contribution in [0.2, 0.25) is 0 Å². The molecule has 2 aromatic carbocycles. The lowest BCUT2D eigenvalue weighted by Gasteiger charge is -2.15. The van der Waals surface area contributed by atoms with Crippen molar-refractivity contribution in [3.8, 4) is 5.75 Å². The second-order valence-corrected chi connectivity index (χ2v) is 4.30. The van der Waals surface area contributed by atoms with E-state index in [1.54, 1.807) is 0 Å². The topological polar surface area (TPSA) is 35.2 Å². The maximum atomic E-state index is 13.1. The molecule has 0 aliphatic rings. The van der Waals surface area contributed by atoms with E-state index in [-0.39, 0.29) is 11.1 Å². The molecule has 1 unspecified atom stereocenters. The third-order valence-corrected chi connectivity index (χ3v) is 2.69. The first-order valence-corrected chi connectivity index (χ1v) is 5.82. The molecule has 0 saturated heterocycles. The van der Waals surface area contributed by atoms with Crippen molar-refractivity contribution in [1.29, 1.82) is 0 Å². The second kappa shape index (κ2) is 5.69. The summed E-state index contributed by atoms with van der Waals surface area (Å²) in [5, 5.41) is 0. The Balaban J connectivity index is 2.30. The average Bonchev–Trinajstić information content (AvgIpc) is 2.35. The van der Waals surface area contributed by atoms with Crippen LogP contribution in [0.4, 0.5) is 22.0 Å². The van der Waals surface area contributed by atoms with E-state index in [2.05, 4.69) is 4.74 Å². The maximum absolute atomic E-state index is 13.1. The zero-order valence-corrected chi connectivity index (χ0v) is 10.5. The summed E-state index contributed by atoms with van der Waals surface area (Å²) >= 11 is 0. The highest BCUT2D eigenvalue weighted by Crippen LogP contribution is 2.27. The average molecular weight is 303 g/mol. The minimum atomic E-state index is -4.83. The van der Waals surface area contributed by atoms with Crippen LogP contribution in [0, 0.1) is 11.6 Å². The van der Waals surface area contributed by atoms with E-state index in [9.17, 15) is 22.0 Å². The highest BCUT2D eigenvalue weighted by atomic mass is 19.4. The largest absolute Gasteiger partial charge is 0.573 e. The van der Waals surface area contributed by atoms with Gasteiger partial charge < -0.3 is 10.5 Å². The normalized spacial score (nSPS) is 13.0. The van der Waals surface area contributed by atoms with Crippen LogP contribution in [0.3, 0.4) is 0 Å². The fourth-order valence-corrected chi connectivity index (χ4v) is 1.85. The minimum Gasteiger partial charge on any atom is -0.406 e. The van der Waals surface area contributed by atoms with E-state index < -0.39 is 29.8 Å². The molecule has 0 heterocycles. The van der Waals surface area contributed by atoms with E-state index >= 15 is 0 Å². The smallest absolute Gasteiger partial charge is 0.406 e. The molecule has 0 fully saturated rings. The van der Waals surface area contributed by atoms with Gasteiger partial charge in [0, 0.05) is 6.07 Å². The Morgan fingerprint density at radius 2 is 1.52 bits per heavy atom. The van der Waals surface area contributed by atoms with Crippen molar-refractivity contribution in [2.75, 3.05) is 0 Å². The van der Waals surface area contributed by atoms with E-state index in [0.29, 0.717) is 6.07 Å². The summed E-state index contributed by atoms with van der Waals surface area (Å²) in [7, 11) is 0. The Bertz CT molecular complexity index is 621. The Kier molecular flexibility index (Phi) is 4.13. The van der Waals surface area contributed by atoms with Crippen LogP contribution in [0.1, 0.15) is 17.2 Å². The quantitative estimate of drug-likeness (QED) is 0.873. The zero-order chi connectivity index (χ0) is 15.6. The van der Waals surface area contributed by atoms with Crippen molar-refractivity contribution < 1.29 is 26.7 Å².